The molecule has 2 amide bonds. The lowest BCUT2D eigenvalue weighted by Gasteiger charge is -2.10. The fraction of sp³-hybridized carbons (Fsp3) is 0.182. The fourth-order valence-corrected chi connectivity index (χ4v) is 2.93. The van der Waals surface area contributed by atoms with Gasteiger partial charge in [-0.25, -0.2) is 4.68 Å². The molecule has 0 unspecified atom stereocenters. The Balaban J connectivity index is 1.77. The molecule has 0 radical (unpaired) electrons. The first-order valence-electron chi connectivity index (χ1n) is 9.34. The third-order valence-corrected chi connectivity index (χ3v) is 4.29. The third kappa shape index (κ3) is 4.76. The predicted octanol–water partition coefficient (Wildman–Crippen LogP) is 2.59. The molecule has 1 heterocycles. The summed E-state index contributed by atoms with van der Waals surface area (Å²) in [6.45, 7) is 4.28. The highest BCUT2D eigenvalue weighted by atomic mass is 16.2. The molecule has 0 aliphatic rings. The van der Waals surface area contributed by atoms with Gasteiger partial charge in [-0.2, -0.15) is 5.10 Å². The van der Waals surface area contributed by atoms with Crippen molar-refractivity contribution in [1.29, 1.82) is 0 Å². The molecular weight excluding hydrogens is 368 g/mol. The van der Waals surface area contributed by atoms with Crippen LogP contribution in [0.3, 0.4) is 0 Å². The standard InChI is InChI=1S/C22H22N4O3/c1-3-13-26-22(29)18-10-5-4-9-17(18)20(25-26)21(28)24-23-19(27)12-11-16-8-6-7-15(2)14-16/h4-12,14H,3,13H2,1-2H3,(H,23,27)(H,24,28)/b12-11+. The molecule has 2 N–H and O–H groups in total. The summed E-state index contributed by atoms with van der Waals surface area (Å²) >= 11 is 0. The number of hydrogen-bond donors (Lipinski definition) is 2. The van der Waals surface area contributed by atoms with Gasteiger partial charge >= 0.3 is 0 Å². The number of nitrogens with one attached hydrogen (secondary N) is 2. The maximum atomic E-state index is 12.6. The van der Waals surface area contributed by atoms with Gasteiger partial charge in [0.05, 0.1) is 5.39 Å². The Morgan fingerprint density at radius 3 is 2.55 bits per heavy atom. The number of hydrazine groups is 1. The summed E-state index contributed by atoms with van der Waals surface area (Å²) in [5.41, 5.74) is 6.50. The zero-order valence-electron chi connectivity index (χ0n) is 16.3. The van der Waals surface area contributed by atoms with E-state index >= 15 is 0 Å². The van der Waals surface area contributed by atoms with Crippen LogP contribution < -0.4 is 16.4 Å². The molecule has 3 aromatic rings. The van der Waals surface area contributed by atoms with Crippen LogP contribution in [0, 0.1) is 6.92 Å². The van der Waals surface area contributed by atoms with Crippen LogP contribution >= 0.6 is 0 Å². The SMILES string of the molecule is CCCn1nc(C(=O)NNC(=O)/C=C/c2cccc(C)c2)c2ccccc2c1=O. The lowest BCUT2D eigenvalue weighted by molar-refractivity contribution is -0.117. The fourth-order valence-electron chi connectivity index (χ4n) is 2.93. The van der Waals surface area contributed by atoms with Gasteiger partial charge in [-0.05, 0) is 31.1 Å². The molecule has 0 spiro atoms. The molecule has 0 fully saturated rings. The van der Waals surface area contributed by atoms with E-state index < -0.39 is 11.8 Å². The molecule has 0 aliphatic carbocycles. The Labute approximate surface area is 168 Å². The summed E-state index contributed by atoms with van der Waals surface area (Å²) in [5, 5.41) is 5.04. The van der Waals surface area contributed by atoms with E-state index in [2.05, 4.69) is 16.0 Å². The molecule has 0 saturated carbocycles. The topological polar surface area (TPSA) is 93.1 Å². The van der Waals surface area contributed by atoms with Gasteiger partial charge in [-0.15, -0.1) is 0 Å². The molecule has 29 heavy (non-hydrogen) atoms. The van der Waals surface area contributed by atoms with Crippen molar-refractivity contribution >= 4 is 28.7 Å². The van der Waals surface area contributed by atoms with Crippen molar-refractivity contribution in [2.24, 2.45) is 0 Å². The van der Waals surface area contributed by atoms with Crippen molar-refractivity contribution in [2.45, 2.75) is 26.8 Å². The first kappa shape index (κ1) is 20.0. The van der Waals surface area contributed by atoms with Crippen LogP contribution in [-0.4, -0.2) is 21.6 Å². The molecule has 7 nitrogen and oxygen atoms in total. The lowest BCUT2D eigenvalue weighted by Crippen LogP contribution is -2.42. The Hall–Kier alpha value is -3.74. The number of rotatable bonds is 5. The van der Waals surface area contributed by atoms with E-state index in [4.69, 9.17) is 0 Å². The number of amides is 2. The van der Waals surface area contributed by atoms with E-state index in [1.807, 2.05) is 38.1 Å². The number of aromatic nitrogens is 2. The monoisotopic (exact) mass is 390 g/mol. The predicted molar refractivity (Wildman–Crippen MR) is 112 cm³/mol. The molecule has 148 valence electrons. The van der Waals surface area contributed by atoms with Gasteiger partial charge in [-0.3, -0.25) is 25.2 Å². The molecule has 7 heteroatoms. The maximum Gasteiger partial charge on any atom is 0.290 e. The summed E-state index contributed by atoms with van der Waals surface area (Å²) in [5.74, 6) is -1.07. The second-order valence-corrected chi connectivity index (χ2v) is 6.61. The third-order valence-electron chi connectivity index (χ3n) is 4.29. The Morgan fingerprint density at radius 1 is 1.07 bits per heavy atom. The maximum absolute atomic E-state index is 12.6. The van der Waals surface area contributed by atoms with E-state index in [1.54, 1.807) is 30.3 Å². The van der Waals surface area contributed by atoms with Crippen LogP contribution in [0.4, 0.5) is 0 Å². The molecular formula is C22H22N4O3. The van der Waals surface area contributed by atoms with Crippen LogP contribution in [0.15, 0.2) is 59.4 Å². The quantitative estimate of drug-likeness (QED) is 0.517. The summed E-state index contributed by atoms with van der Waals surface area (Å²) in [6, 6.07) is 14.5. The zero-order chi connectivity index (χ0) is 20.8. The van der Waals surface area contributed by atoms with Crippen molar-refractivity contribution in [3.05, 3.63) is 81.8 Å². The van der Waals surface area contributed by atoms with Crippen LogP contribution in [-0.2, 0) is 11.3 Å². The van der Waals surface area contributed by atoms with Crippen LogP contribution in [0.25, 0.3) is 16.8 Å². The van der Waals surface area contributed by atoms with E-state index in [-0.39, 0.29) is 11.3 Å². The number of fused-ring (bicyclic) bond motifs is 1. The van der Waals surface area contributed by atoms with E-state index in [0.29, 0.717) is 23.7 Å². The number of hydrogen-bond acceptors (Lipinski definition) is 4. The zero-order valence-corrected chi connectivity index (χ0v) is 16.3. The second-order valence-electron chi connectivity index (χ2n) is 6.61. The number of carbonyl (C=O) groups is 2. The van der Waals surface area contributed by atoms with Gasteiger partial charge in [0, 0.05) is 18.0 Å². The van der Waals surface area contributed by atoms with Gasteiger partial charge in [0.2, 0.25) is 0 Å². The summed E-state index contributed by atoms with van der Waals surface area (Å²) in [4.78, 5) is 37.2. The van der Waals surface area contributed by atoms with Gasteiger partial charge in [0.1, 0.15) is 0 Å². The van der Waals surface area contributed by atoms with Crippen LogP contribution in [0.1, 0.15) is 35.0 Å². The van der Waals surface area contributed by atoms with Crippen molar-refractivity contribution < 1.29 is 9.59 Å². The smallest absolute Gasteiger partial charge is 0.268 e. The molecule has 2 aromatic carbocycles. The number of benzene rings is 2. The number of nitrogens with zero attached hydrogens (tertiary/aromatic N) is 2. The summed E-state index contributed by atoms with van der Waals surface area (Å²) in [6.07, 6.45) is 3.69. The molecule has 3 rings (SSSR count). The molecule has 0 bridgehead atoms. The Morgan fingerprint density at radius 2 is 1.83 bits per heavy atom. The minimum absolute atomic E-state index is 0.0802. The van der Waals surface area contributed by atoms with Gasteiger partial charge < -0.3 is 0 Å². The van der Waals surface area contributed by atoms with Gasteiger partial charge in [0.15, 0.2) is 5.69 Å². The summed E-state index contributed by atoms with van der Waals surface area (Å²) < 4.78 is 1.27. The average Bonchev–Trinajstić information content (AvgIpc) is 2.73. The minimum Gasteiger partial charge on any atom is -0.268 e. The van der Waals surface area contributed by atoms with Crippen LogP contribution in [0.2, 0.25) is 0 Å². The average molecular weight is 390 g/mol. The Bertz CT molecular complexity index is 1150. The van der Waals surface area contributed by atoms with Gasteiger partial charge in [-0.1, -0.05) is 55.0 Å². The van der Waals surface area contributed by atoms with Gasteiger partial charge in [0.25, 0.3) is 17.4 Å². The van der Waals surface area contributed by atoms with Crippen molar-refractivity contribution in [3.8, 4) is 0 Å². The summed E-state index contributed by atoms with van der Waals surface area (Å²) in [7, 11) is 0. The molecule has 0 aliphatic heterocycles. The highest BCUT2D eigenvalue weighted by molar-refractivity contribution is 6.05. The van der Waals surface area contributed by atoms with Crippen molar-refractivity contribution in [3.63, 3.8) is 0 Å². The first-order chi connectivity index (χ1) is 14.0. The van der Waals surface area contributed by atoms with Crippen molar-refractivity contribution in [2.75, 3.05) is 0 Å². The van der Waals surface area contributed by atoms with E-state index in [1.165, 1.54) is 10.8 Å². The second kappa shape index (κ2) is 8.97. The van der Waals surface area contributed by atoms with Crippen molar-refractivity contribution in [1.82, 2.24) is 20.6 Å². The molecule has 1 aromatic heterocycles. The molecule has 0 atom stereocenters. The highest BCUT2D eigenvalue weighted by Crippen LogP contribution is 2.13. The largest absolute Gasteiger partial charge is 0.290 e. The lowest BCUT2D eigenvalue weighted by atomic mass is 10.1. The van der Waals surface area contributed by atoms with E-state index in [0.717, 1.165) is 11.1 Å². The van der Waals surface area contributed by atoms with E-state index in [9.17, 15) is 14.4 Å². The Kier molecular flexibility index (Phi) is 6.19. The highest BCUT2D eigenvalue weighted by Gasteiger charge is 2.16. The first-order valence-corrected chi connectivity index (χ1v) is 9.34. The minimum atomic E-state index is -0.594. The van der Waals surface area contributed by atoms with Crippen LogP contribution in [0.5, 0.6) is 0 Å². The number of aryl methyl sites for hydroxylation is 2. The molecule has 0 saturated heterocycles. The normalized spacial score (nSPS) is 11.0. The number of carbonyl (C=O) groups excluding carboxylic acids is 2.